The molecular formula is C6H13NS. The van der Waals surface area contributed by atoms with Crippen LogP contribution in [0.1, 0.15) is 32.6 Å². The zero-order chi connectivity index (χ0) is 6.04. The summed E-state index contributed by atoms with van der Waals surface area (Å²) in [6, 6.07) is 0. The molecule has 0 unspecified atom stereocenters. The van der Waals surface area contributed by atoms with Gasteiger partial charge in [-0.15, -0.1) is 0 Å². The molecule has 1 aliphatic rings. The summed E-state index contributed by atoms with van der Waals surface area (Å²) >= 11 is 1.56. The monoisotopic (exact) mass is 131 g/mol. The van der Waals surface area contributed by atoms with Crippen LogP contribution < -0.4 is 5.14 Å². The van der Waals surface area contributed by atoms with Crippen molar-refractivity contribution in [2.45, 2.75) is 37.4 Å². The van der Waals surface area contributed by atoms with Crippen LogP contribution >= 0.6 is 11.9 Å². The fraction of sp³-hybridized carbons (Fsp3) is 1.00. The Morgan fingerprint density at radius 3 is 2.38 bits per heavy atom. The highest BCUT2D eigenvalue weighted by Gasteiger charge is 2.41. The van der Waals surface area contributed by atoms with Gasteiger partial charge in [-0.1, -0.05) is 25.3 Å². The van der Waals surface area contributed by atoms with Crippen molar-refractivity contribution in [1.29, 1.82) is 0 Å². The lowest BCUT2D eigenvalue weighted by Gasteiger charge is -2.06. The maximum Gasteiger partial charge on any atom is 0.0303 e. The molecule has 8 heavy (non-hydrogen) atoms. The first-order valence-electron chi connectivity index (χ1n) is 3.21. The van der Waals surface area contributed by atoms with Crippen LogP contribution in [0.15, 0.2) is 0 Å². The van der Waals surface area contributed by atoms with Crippen LogP contribution in [0.3, 0.4) is 0 Å². The first-order chi connectivity index (χ1) is 3.83. The molecule has 2 N–H and O–H groups in total. The normalized spacial score (nSPS) is 23.2. The third-order valence-corrected chi connectivity index (χ3v) is 2.88. The van der Waals surface area contributed by atoms with E-state index in [0.717, 1.165) is 0 Å². The highest BCUT2D eigenvalue weighted by atomic mass is 32.2. The van der Waals surface area contributed by atoms with E-state index in [1.54, 1.807) is 11.9 Å². The molecule has 1 nitrogen and oxygen atoms in total. The molecule has 0 heterocycles. The van der Waals surface area contributed by atoms with Crippen molar-refractivity contribution < 1.29 is 0 Å². The quantitative estimate of drug-likeness (QED) is 0.592. The van der Waals surface area contributed by atoms with Gasteiger partial charge in [0, 0.05) is 4.75 Å². The average Bonchev–Trinajstić information content (AvgIpc) is 2.50. The van der Waals surface area contributed by atoms with Crippen molar-refractivity contribution in [1.82, 2.24) is 0 Å². The molecule has 48 valence electrons. The fourth-order valence-corrected chi connectivity index (χ4v) is 1.68. The molecule has 0 saturated heterocycles. The summed E-state index contributed by atoms with van der Waals surface area (Å²) in [4.78, 5) is 0. The van der Waals surface area contributed by atoms with Crippen molar-refractivity contribution >= 4 is 11.9 Å². The Labute approximate surface area is 55.2 Å². The fourth-order valence-electron chi connectivity index (χ4n) is 1.02. The van der Waals surface area contributed by atoms with Crippen molar-refractivity contribution in [3.63, 3.8) is 0 Å². The van der Waals surface area contributed by atoms with Crippen LogP contribution in [0.2, 0.25) is 0 Å². The minimum Gasteiger partial charge on any atom is -0.277 e. The first-order valence-corrected chi connectivity index (χ1v) is 4.09. The molecule has 1 rings (SSSR count). The maximum absolute atomic E-state index is 5.47. The standard InChI is InChI=1S/C6H13NS/c1-2-3-6(8-7)4-5-6/h2-5,7H2,1H3. The number of nitrogens with two attached hydrogens (primary N) is 1. The minimum absolute atomic E-state index is 0.536. The summed E-state index contributed by atoms with van der Waals surface area (Å²) in [6.45, 7) is 2.22. The van der Waals surface area contributed by atoms with Crippen LogP contribution in [0.25, 0.3) is 0 Å². The van der Waals surface area contributed by atoms with Gasteiger partial charge in [0.1, 0.15) is 0 Å². The van der Waals surface area contributed by atoms with Crippen molar-refractivity contribution in [3.8, 4) is 0 Å². The highest BCUT2D eigenvalue weighted by Crippen LogP contribution is 2.49. The van der Waals surface area contributed by atoms with Crippen LogP contribution in [-0.2, 0) is 0 Å². The summed E-state index contributed by atoms with van der Waals surface area (Å²) in [5, 5.41) is 5.47. The number of hydrogen-bond donors (Lipinski definition) is 1. The van der Waals surface area contributed by atoms with E-state index in [-0.39, 0.29) is 0 Å². The second-order valence-corrected chi connectivity index (χ2v) is 3.65. The second-order valence-electron chi connectivity index (χ2n) is 2.55. The summed E-state index contributed by atoms with van der Waals surface area (Å²) in [5.41, 5.74) is 0. The zero-order valence-electron chi connectivity index (χ0n) is 5.31. The van der Waals surface area contributed by atoms with Crippen molar-refractivity contribution in [3.05, 3.63) is 0 Å². The lowest BCUT2D eigenvalue weighted by molar-refractivity contribution is 0.748. The van der Waals surface area contributed by atoms with Crippen LogP contribution in [0.4, 0.5) is 0 Å². The van der Waals surface area contributed by atoms with Crippen LogP contribution in [-0.4, -0.2) is 4.75 Å². The average molecular weight is 131 g/mol. The van der Waals surface area contributed by atoms with E-state index in [1.807, 2.05) is 0 Å². The molecule has 0 aromatic heterocycles. The van der Waals surface area contributed by atoms with Gasteiger partial charge in [-0.3, -0.25) is 5.14 Å². The first kappa shape index (κ1) is 6.43. The Hall–Kier alpha value is 0.310. The molecule has 0 radical (unpaired) electrons. The molecule has 0 spiro atoms. The van der Waals surface area contributed by atoms with Gasteiger partial charge in [-0.25, -0.2) is 0 Å². The lowest BCUT2D eigenvalue weighted by Crippen LogP contribution is -2.04. The summed E-state index contributed by atoms with van der Waals surface area (Å²) in [7, 11) is 0. The Balaban J connectivity index is 2.20. The maximum atomic E-state index is 5.47. The smallest absolute Gasteiger partial charge is 0.0303 e. The third kappa shape index (κ3) is 1.17. The zero-order valence-corrected chi connectivity index (χ0v) is 6.13. The Morgan fingerprint density at radius 2 is 2.25 bits per heavy atom. The molecule has 2 heteroatoms. The van der Waals surface area contributed by atoms with E-state index in [1.165, 1.54) is 25.7 Å². The van der Waals surface area contributed by atoms with E-state index < -0.39 is 0 Å². The largest absolute Gasteiger partial charge is 0.277 e. The lowest BCUT2D eigenvalue weighted by atomic mass is 10.2. The molecule has 0 aromatic carbocycles. The predicted octanol–water partition coefficient (Wildman–Crippen LogP) is 1.93. The molecule has 0 aliphatic heterocycles. The van der Waals surface area contributed by atoms with Crippen molar-refractivity contribution in [2.75, 3.05) is 0 Å². The second kappa shape index (κ2) is 2.28. The molecule has 1 aliphatic carbocycles. The number of hydrogen-bond acceptors (Lipinski definition) is 2. The van der Waals surface area contributed by atoms with Gasteiger partial charge in [-0.05, 0) is 19.3 Å². The van der Waals surface area contributed by atoms with Gasteiger partial charge < -0.3 is 0 Å². The van der Waals surface area contributed by atoms with E-state index in [4.69, 9.17) is 5.14 Å². The van der Waals surface area contributed by atoms with E-state index in [0.29, 0.717) is 4.75 Å². The van der Waals surface area contributed by atoms with Gasteiger partial charge in [0.2, 0.25) is 0 Å². The molecule has 0 bridgehead atoms. The highest BCUT2D eigenvalue weighted by molar-refractivity contribution is 7.98. The summed E-state index contributed by atoms with van der Waals surface area (Å²) < 4.78 is 0.536. The van der Waals surface area contributed by atoms with Crippen LogP contribution in [0.5, 0.6) is 0 Å². The Bertz CT molecular complexity index is 78.6. The minimum atomic E-state index is 0.536. The molecule has 1 saturated carbocycles. The summed E-state index contributed by atoms with van der Waals surface area (Å²) in [5.74, 6) is 0. The third-order valence-electron chi connectivity index (χ3n) is 1.76. The topological polar surface area (TPSA) is 26.0 Å². The van der Waals surface area contributed by atoms with Gasteiger partial charge in [-0.2, -0.15) is 0 Å². The molecular weight excluding hydrogens is 118 g/mol. The van der Waals surface area contributed by atoms with E-state index >= 15 is 0 Å². The molecule has 0 atom stereocenters. The SMILES string of the molecule is CCCC1(SN)CC1. The van der Waals surface area contributed by atoms with Crippen molar-refractivity contribution in [2.24, 2.45) is 5.14 Å². The molecule has 0 aromatic rings. The van der Waals surface area contributed by atoms with Crippen LogP contribution in [0, 0.1) is 0 Å². The van der Waals surface area contributed by atoms with Gasteiger partial charge in [0.05, 0.1) is 0 Å². The van der Waals surface area contributed by atoms with E-state index in [9.17, 15) is 0 Å². The summed E-state index contributed by atoms with van der Waals surface area (Å²) in [6.07, 6.45) is 5.29. The van der Waals surface area contributed by atoms with E-state index in [2.05, 4.69) is 6.92 Å². The van der Waals surface area contributed by atoms with Gasteiger partial charge in [0.15, 0.2) is 0 Å². The Morgan fingerprint density at radius 1 is 1.62 bits per heavy atom. The Kier molecular flexibility index (Phi) is 1.83. The van der Waals surface area contributed by atoms with Gasteiger partial charge in [0.25, 0.3) is 0 Å². The molecule has 0 amide bonds. The predicted molar refractivity (Wildman–Crippen MR) is 38.7 cm³/mol. The van der Waals surface area contributed by atoms with Gasteiger partial charge >= 0.3 is 0 Å². The molecule has 1 fully saturated rings. The number of rotatable bonds is 3.